The molecule has 0 aliphatic heterocycles. The Labute approximate surface area is 153 Å². The summed E-state index contributed by atoms with van der Waals surface area (Å²) < 4.78 is 5.19. The van der Waals surface area contributed by atoms with Gasteiger partial charge in [0.15, 0.2) is 5.78 Å². The van der Waals surface area contributed by atoms with E-state index in [1.165, 1.54) is 6.20 Å². The third-order valence-electron chi connectivity index (χ3n) is 4.92. The number of hydrogen-bond donors (Lipinski definition) is 1. The molecule has 2 aromatic rings. The Hall–Kier alpha value is -2.76. The summed E-state index contributed by atoms with van der Waals surface area (Å²) in [6, 6.07) is 7.75. The number of anilines is 1. The monoisotopic (exact) mass is 353 g/mol. The second kappa shape index (κ2) is 7.64. The molecule has 6 nitrogen and oxygen atoms in total. The van der Waals surface area contributed by atoms with E-state index in [1.54, 1.807) is 7.11 Å². The van der Waals surface area contributed by atoms with Crippen LogP contribution in [0.25, 0.3) is 0 Å². The van der Waals surface area contributed by atoms with Gasteiger partial charge in [-0.15, -0.1) is 0 Å². The summed E-state index contributed by atoms with van der Waals surface area (Å²) in [5, 5.41) is 2.74. The first-order valence-electron chi connectivity index (χ1n) is 8.85. The number of aromatic nitrogens is 2. The predicted molar refractivity (Wildman–Crippen MR) is 98.5 cm³/mol. The zero-order chi connectivity index (χ0) is 18.7. The molecule has 1 heterocycles. The van der Waals surface area contributed by atoms with Crippen molar-refractivity contribution in [2.24, 2.45) is 5.92 Å². The summed E-state index contributed by atoms with van der Waals surface area (Å²) in [6.07, 6.45) is 3.35. The Morgan fingerprint density at radius 2 is 2.04 bits per heavy atom. The third kappa shape index (κ3) is 3.74. The van der Waals surface area contributed by atoms with E-state index in [-0.39, 0.29) is 29.5 Å². The highest BCUT2D eigenvalue weighted by molar-refractivity contribution is 5.99. The van der Waals surface area contributed by atoms with Crippen molar-refractivity contribution in [1.82, 2.24) is 9.97 Å². The van der Waals surface area contributed by atoms with Gasteiger partial charge in [0, 0.05) is 18.5 Å². The number of amides is 1. The molecule has 0 bridgehead atoms. The minimum Gasteiger partial charge on any atom is -0.497 e. The number of Topliss-reactive ketones (excluding diaryl/α,β-unsaturated/α-hetero) is 1. The van der Waals surface area contributed by atoms with E-state index in [0.717, 1.165) is 17.7 Å². The standard InChI is InChI=1S/C20H23N3O3/c1-4-12(2)19(25)23-20-21-11-16-17(22-20)9-14(10-18(16)24)13-5-7-15(26-3)8-6-13/h5-8,11-12,14H,4,9-10H2,1-3H3,(H,21,22,23,25)/t12-,14+/m1/s1. The molecular weight excluding hydrogens is 330 g/mol. The molecule has 1 N–H and O–H groups in total. The van der Waals surface area contributed by atoms with E-state index in [9.17, 15) is 9.59 Å². The molecule has 0 radical (unpaired) electrons. The first-order valence-corrected chi connectivity index (χ1v) is 8.85. The molecular formula is C20H23N3O3. The molecule has 26 heavy (non-hydrogen) atoms. The van der Waals surface area contributed by atoms with Crippen molar-refractivity contribution < 1.29 is 14.3 Å². The van der Waals surface area contributed by atoms with Gasteiger partial charge in [-0.2, -0.15) is 0 Å². The van der Waals surface area contributed by atoms with Gasteiger partial charge < -0.3 is 4.74 Å². The number of benzene rings is 1. The second-order valence-corrected chi connectivity index (χ2v) is 6.65. The lowest BCUT2D eigenvalue weighted by atomic mass is 9.82. The average molecular weight is 353 g/mol. The maximum absolute atomic E-state index is 12.5. The van der Waals surface area contributed by atoms with E-state index in [1.807, 2.05) is 38.1 Å². The van der Waals surface area contributed by atoms with E-state index in [0.29, 0.717) is 24.1 Å². The van der Waals surface area contributed by atoms with Crippen molar-refractivity contribution in [2.45, 2.75) is 39.0 Å². The van der Waals surface area contributed by atoms with Crippen molar-refractivity contribution >= 4 is 17.6 Å². The van der Waals surface area contributed by atoms with Crippen LogP contribution in [-0.2, 0) is 11.2 Å². The maximum Gasteiger partial charge on any atom is 0.229 e. The molecule has 0 saturated heterocycles. The zero-order valence-electron chi connectivity index (χ0n) is 15.3. The third-order valence-corrected chi connectivity index (χ3v) is 4.92. The van der Waals surface area contributed by atoms with Crippen LogP contribution in [0.1, 0.15) is 54.2 Å². The van der Waals surface area contributed by atoms with E-state index in [2.05, 4.69) is 15.3 Å². The lowest BCUT2D eigenvalue weighted by Gasteiger charge is -2.23. The number of ether oxygens (including phenoxy) is 1. The van der Waals surface area contributed by atoms with E-state index in [4.69, 9.17) is 4.74 Å². The lowest BCUT2D eigenvalue weighted by Crippen LogP contribution is -2.24. The van der Waals surface area contributed by atoms with Crippen LogP contribution in [-0.4, -0.2) is 28.8 Å². The number of nitrogens with zero attached hydrogens (tertiary/aromatic N) is 2. The Morgan fingerprint density at radius 1 is 1.31 bits per heavy atom. The normalized spacial score (nSPS) is 17.3. The van der Waals surface area contributed by atoms with E-state index < -0.39 is 0 Å². The molecule has 136 valence electrons. The van der Waals surface area contributed by atoms with E-state index >= 15 is 0 Å². The Bertz CT molecular complexity index is 818. The summed E-state index contributed by atoms with van der Waals surface area (Å²) in [5.74, 6) is 0.927. The van der Waals surface area contributed by atoms with Crippen LogP contribution >= 0.6 is 0 Å². The summed E-state index contributed by atoms with van der Waals surface area (Å²) >= 11 is 0. The zero-order valence-corrected chi connectivity index (χ0v) is 15.3. The van der Waals surface area contributed by atoms with Gasteiger partial charge in [-0.25, -0.2) is 9.97 Å². The summed E-state index contributed by atoms with van der Waals surface area (Å²) in [6.45, 7) is 3.81. The van der Waals surface area contributed by atoms with Crippen LogP contribution in [0.4, 0.5) is 5.95 Å². The minimum absolute atomic E-state index is 0.0341. The van der Waals surface area contributed by atoms with Crippen LogP contribution in [0, 0.1) is 5.92 Å². The predicted octanol–water partition coefficient (Wildman–Crippen LogP) is 3.38. The van der Waals surface area contributed by atoms with Crippen LogP contribution in [0.15, 0.2) is 30.5 Å². The van der Waals surface area contributed by atoms with Gasteiger partial charge in [-0.05, 0) is 36.5 Å². The molecule has 0 saturated carbocycles. The van der Waals surface area contributed by atoms with Gasteiger partial charge in [0.1, 0.15) is 5.75 Å². The van der Waals surface area contributed by atoms with Gasteiger partial charge in [0.25, 0.3) is 0 Å². The number of fused-ring (bicyclic) bond motifs is 1. The highest BCUT2D eigenvalue weighted by Gasteiger charge is 2.28. The Kier molecular flexibility index (Phi) is 5.30. The SMILES string of the molecule is CC[C@@H](C)C(=O)Nc1ncc2c(n1)C[C@H](c1ccc(OC)cc1)CC2=O. The van der Waals surface area contributed by atoms with Crippen molar-refractivity contribution in [3.8, 4) is 5.75 Å². The Balaban J connectivity index is 1.82. The molecule has 1 aromatic heterocycles. The van der Waals surface area contributed by atoms with Gasteiger partial charge in [-0.3, -0.25) is 14.9 Å². The van der Waals surface area contributed by atoms with Crippen molar-refractivity contribution in [3.05, 3.63) is 47.3 Å². The van der Waals surface area contributed by atoms with Gasteiger partial charge in [0.2, 0.25) is 11.9 Å². The fourth-order valence-electron chi connectivity index (χ4n) is 3.04. The molecule has 1 aliphatic carbocycles. The first kappa shape index (κ1) is 18.0. The van der Waals surface area contributed by atoms with Crippen LogP contribution in [0.3, 0.4) is 0 Å². The summed E-state index contributed by atoms with van der Waals surface area (Å²) in [7, 11) is 1.63. The minimum atomic E-state index is -0.110. The lowest BCUT2D eigenvalue weighted by molar-refractivity contribution is -0.119. The molecule has 6 heteroatoms. The number of hydrogen-bond acceptors (Lipinski definition) is 5. The van der Waals surface area contributed by atoms with Crippen LogP contribution < -0.4 is 10.1 Å². The molecule has 0 fully saturated rings. The maximum atomic E-state index is 12.5. The smallest absolute Gasteiger partial charge is 0.229 e. The first-order chi connectivity index (χ1) is 12.5. The second-order valence-electron chi connectivity index (χ2n) is 6.65. The van der Waals surface area contributed by atoms with Crippen LogP contribution in [0.2, 0.25) is 0 Å². The van der Waals surface area contributed by atoms with Crippen molar-refractivity contribution in [1.29, 1.82) is 0 Å². The topological polar surface area (TPSA) is 81.2 Å². The van der Waals surface area contributed by atoms with Gasteiger partial charge in [0.05, 0.1) is 18.4 Å². The van der Waals surface area contributed by atoms with Gasteiger partial charge in [-0.1, -0.05) is 26.0 Å². The molecule has 2 atom stereocenters. The summed E-state index contributed by atoms with van der Waals surface area (Å²) in [5.41, 5.74) is 2.32. The fraction of sp³-hybridized carbons (Fsp3) is 0.400. The largest absolute Gasteiger partial charge is 0.497 e. The average Bonchev–Trinajstić information content (AvgIpc) is 2.67. The number of carbonyl (C=O) groups excluding carboxylic acids is 2. The van der Waals surface area contributed by atoms with Crippen molar-refractivity contribution in [3.63, 3.8) is 0 Å². The molecule has 0 spiro atoms. The molecule has 1 amide bonds. The molecule has 0 unspecified atom stereocenters. The number of methoxy groups -OCH3 is 1. The summed E-state index contributed by atoms with van der Waals surface area (Å²) in [4.78, 5) is 33.1. The fourth-order valence-corrected chi connectivity index (χ4v) is 3.04. The van der Waals surface area contributed by atoms with Gasteiger partial charge >= 0.3 is 0 Å². The molecule has 1 aliphatic rings. The number of carbonyl (C=O) groups is 2. The van der Waals surface area contributed by atoms with Crippen LogP contribution in [0.5, 0.6) is 5.75 Å². The quantitative estimate of drug-likeness (QED) is 0.891. The highest BCUT2D eigenvalue weighted by atomic mass is 16.5. The molecule has 1 aromatic carbocycles. The van der Waals surface area contributed by atoms with Crippen molar-refractivity contribution in [2.75, 3.05) is 12.4 Å². The highest BCUT2D eigenvalue weighted by Crippen LogP contribution is 2.32. The number of ketones is 1. The number of rotatable bonds is 5. The molecule has 3 rings (SSSR count). The Morgan fingerprint density at radius 3 is 2.69 bits per heavy atom. The number of nitrogens with one attached hydrogen (secondary N) is 1.